The number of carbonyl (C=O) groups excluding carboxylic acids is 1. The zero-order valence-electron chi connectivity index (χ0n) is 14.2. The van der Waals surface area contributed by atoms with E-state index >= 15 is 0 Å². The summed E-state index contributed by atoms with van der Waals surface area (Å²) in [5.41, 5.74) is 5.67. The van der Waals surface area contributed by atoms with Crippen LogP contribution >= 0.6 is 0 Å². The van der Waals surface area contributed by atoms with Gasteiger partial charge in [-0.3, -0.25) is 4.79 Å². The molecule has 5 nitrogen and oxygen atoms in total. The van der Waals surface area contributed by atoms with Crippen molar-refractivity contribution in [3.8, 4) is 0 Å². The zero-order chi connectivity index (χ0) is 16.2. The monoisotopic (exact) mass is 309 g/mol. The molecule has 0 radical (unpaired) electrons. The van der Waals surface area contributed by atoms with E-state index in [4.69, 9.17) is 15.0 Å². The molecular formula is C16H28BNO4. The molecule has 124 valence electrons. The zero-order valence-corrected chi connectivity index (χ0v) is 14.2. The van der Waals surface area contributed by atoms with E-state index in [1.807, 2.05) is 0 Å². The number of rotatable bonds is 5. The first-order valence-corrected chi connectivity index (χ1v) is 8.45. The van der Waals surface area contributed by atoms with Crippen molar-refractivity contribution in [1.29, 1.82) is 0 Å². The van der Waals surface area contributed by atoms with E-state index in [-0.39, 0.29) is 29.7 Å². The lowest BCUT2D eigenvalue weighted by Crippen LogP contribution is -2.73. The highest BCUT2D eigenvalue weighted by Crippen LogP contribution is 2.70. The first-order chi connectivity index (χ1) is 10.3. The van der Waals surface area contributed by atoms with Crippen molar-refractivity contribution in [2.24, 2.45) is 17.1 Å². The molecule has 0 aromatic rings. The van der Waals surface area contributed by atoms with Crippen molar-refractivity contribution in [3.05, 3.63) is 0 Å². The Kier molecular flexibility index (Phi) is 3.86. The average molecular weight is 309 g/mol. The van der Waals surface area contributed by atoms with Crippen LogP contribution in [0.15, 0.2) is 0 Å². The lowest BCUT2D eigenvalue weighted by Gasteiger charge is -2.69. The predicted molar refractivity (Wildman–Crippen MR) is 84.2 cm³/mol. The summed E-state index contributed by atoms with van der Waals surface area (Å²) in [4.78, 5) is 11.3. The maximum absolute atomic E-state index is 11.3. The fourth-order valence-corrected chi connectivity index (χ4v) is 4.98. The third kappa shape index (κ3) is 2.07. The smallest absolute Gasteiger partial charge is 0.457 e. The second-order valence-electron chi connectivity index (χ2n) is 7.95. The van der Waals surface area contributed by atoms with E-state index < -0.39 is 6.04 Å². The number of hydrogen-bond donors (Lipinski definition) is 1. The highest BCUT2D eigenvalue weighted by atomic mass is 16.7. The third-order valence-electron chi connectivity index (χ3n) is 6.60. The highest BCUT2D eigenvalue weighted by molar-refractivity contribution is 6.45. The minimum absolute atomic E-state index is 0.127. The molecule has 4 aliphatic rings. The van der Waals surface area contributed by atoms with Crippen molar-refractivity contribution in [2.75, 3.05) is 7.11 Å². The van der Waals surface area contributed by atoms with Crippen LogP contribution in [0, 0.1) is 11.3 Å². The quantitative estimate of drug-likeness (QED) is 0.622. The van der Waals surface area contributed by atoms with Crippen molar-refractivity contribution in [1.82, 2.24) is 0 Å². The average Bonchev–Trinajstić information content (AvgIpc) is 2.80. The molecule has 3 saturated carbocycles. The Bertz CT molecular complexity index is 471. The van der Waals surface area contributed by atoms with Gasteiger partial charge in [-0.1, -0.05) is 20.3 Å². The second-order valence-corrected chi connectivity index (χ2v) is 7.95. The molecule has 0 aromatic carbocycles. The maximum atomic E-state index is 11.3. The van der Waals surface area contributed by atoms with Crippen LogP contribution in [0.4, 0.5) is 0 Å². The summed E-state index contributed by atoms with van der Waals surface area (Å²) in [6.45, 7) is 6.85. The SMILES string of the molecule is COC(=O)[C@@H](N)CCCB1O[C@]23C[C@H](CC[C@]2(C)O1)C3(C)C. The number of ether oxygens (including phenoxy) is 1. The van der Waals surface area contributed by atoms with Crippen LogP contribution in [0.25, 0.3) is 0 Å². The number of hydrogen-bond acceptors (Lipinski definition) is 5. The number of nitrogens with two attached hydrogens (primary N) is 1. The van der Waals surface area contributed by atoms with Crippen LogP contribution in [0.2, 0.25) is 6.32 Å². The topological polar surface area (TPSA) is 70.8 Å². The van der Waals surface area contributed by atoms with Crippen molar-refractivity contribution < 1.29 is 18.8 Å². The van der Waals surface area contributed by atoms with E-state index in [1.54, 1.807) is 0 Å². The van der Waals surface area contributed by atoms with E-state index in [0.717, 1.165) is 31.5 Å². The fourth-order valence-electron chi connectivity index (χ4n) is 4.98. The van der Waals surface area contributed by atoms with Crippen LogP contribution < -0.4 is 5.73 Å². The Balaban J connectivity index is 1.57. The van der Waals surface area contributed by atoms with Gasteiger partial charge in [0.2, 0.25) is 0 Å². The molecule has 0 amide bonds. The Morgan fingerprint density at radius 1 is 1.41 bits per heavy atom. The van der Waals surface area contributed by atoms with E-state index in [1.165, 1.54) is 13.5 Å². The minimum atomic E-state index is -0.549. The summed E-state index contributed by atoms with van der Waals surface area (Å²) in [6, 6.07) is -0.549. The van der Waals surface area contributed by atoms with Gasteiger partial charge in [0.15, 0.2) is 0 Å². The Morgan fingerprint density at radius 3 is 2.73 bits per heavy atom. The van der Waals surface area contributed by atoms with Gasteiger partial charge >= 0.3 is 13.1 Å². The standard InChI is InChI=1S/C16H28BNO4/c1-14(2)11-7-8-15(3)16(14,10-11)22-17(21-15)9-5-6-12(18)13(19)20-4/h11-12H,5-10,18H2,1-4H3/t11-,12-,15-,16-/m0/s1. The number of methoxy groups -OCH3 is 1. The molecule has 2 N–H and O–H groups in total. The van der Waals surface area contributed by atoms with Gasteiger partial charge in [0.1, 0.15) is 6.04 Å². The highest BCUT2D eigenvalue weighted by Gasteiger charge is 2.75. The molecule has 1 spiro atoms. The largest absolute Gasteiger partial charge is 0.468 e. The van der Waals surface area contributed by atoms with Gasteiger partial charge in [0.25, 0.3) is 0 Å². The molecule has 4 atom stereocenters. The Hall–Kier alpha value is -0.585. The Labute approximate surface area is 133 Å². The lowest BCUT2D eigenvalue weighted by atomic mass is 9.41. The predicted octanol–water partition coefficient (Wildman–Crippen LogP) is 2.14. The van der Waals surface area contributed by atoms with Gasteiger partial charge in [-0.15, -0.1) is 0 Å². The molecular weight excluding hydrogens is 281 g/mol. The normalized spacial score (nSPS) is 39.9. The van der Waals surface area contributed by atoms with Crippen molar-refractivity contribution >= 4 is 13.1 Å². The van der Waals surface area contributed by atoms with Crippen molar-refractivity contribution in [3.63, 3.8) is 0 Å². The number of fused-ring (bicyclic) bond motifs is 1. The van der Waals surface area contributed by atoms with Crippen LogP contribution in [0.5, 0.6) is 0 Å². The molecule has 22 heavy (non-hydrogen) atoms. The van der Waals surface area contributed by atoms with Gasteiger partial charge in [0.05, 0.1) is 18.3 Å². The van der Waals surface area contributed by atoms with Crippen LogP contribution in [0.3, 0.4) is 0 Å². The van der Waals surface area contributed by atoms with Crippen LogP contribution in [0.1, 0.15) is 52.9 Å². The van der Waals surface area contributed by atoms with Gasteiger partial charge in [-0.05, 0) is 50.3 Å². The molecule has 1 saturated heterocycles. The maximum Gasteiger partial charge on any atom is 0.457 e. The lowest BCUT2D eigenvalue weighted by molar-refractivity contribution is -0.257. The molecule has 4 rings (SSSR count). The summed E-state index contributed by atoms with van der Waals surface area (Å²) < 4.78 is 17.4. The molecule has 4 fully saturated rings. The van der Waals surface area contributed by atoms with Gasteiger partial charge in [-0.2, -0.15) is 0 Å². The van der Waals surface area contributed by atoms with Crippen molar-refractivity contribution in [2.45, 2.75) is 76.4 Å². The first kappa shape index (κ1) is 16.3. The van der Waals surface area contributed by atoms with E-state index in [9.17, 15) is 4.79 Å². The van der Waals surface area contributed by atoms with Gasteiger partial charge in [0, 0.05) is 0 Å². The summed E-state index contributed by atoms with van der Waals surface area (Å²) in [6.07, 6.45) is 5.62. The van der Waals surface area contributed by atoms with E-state index in [2.05, 4.69) is 25.5 Å². The first-order valence-electron chi connectivity index (χ1n) is 8.45. The number of carbonyl (C=O) groups is 1. The minimum Gasteiger partial charge on any atom is -0.468 e. The molecule has 1 aliphatic heterocycles. The summed E-state index contributed by atoms with van der Waals surface area (Å²) in [5, 5.41) is 0. The Morgan fingerprint density at radius 2 is 2.14 bits per heavy atom. The number of esters is 1. The van der Waals surface area contributed by atoms with Gasteiger partial charge < -0.3 is 19.8 Å². The summed E-state index contributed by atoms with van der Waals surface area (Å²) in [7, 11) is 1.19. The molecule has 3 aliphatic carbocycles. The molecule has 6 heteroatoms. The second kappa shape index (κ2) is 5.21. The molecule has 2 bridgehead atoms. The summed E-state index contributed by atoms with van der Waals surface area (Å²) in [5.74, 6) is 0.408. The molecule has 1 heterocycles. The van der Waals surface area contributed by atoms with Gasteiger partial charge in [-0.25, -0.2) is 0 Å². The fraction of sp³-hybridized carbons (Fsp3) is 0.938. The van der Waals surface area contributed by atoms with Crippen LogP contribution in [-0.4, -0.2) is 37.4 Å². The third-order valence-corrected chi connectivity index (χ3v) is 6.60. The van der Waals surface area contributed by atoms with Crippen LogP contribution in [-0.2, 0) is 18.8 Å². The molecule has 0 aromatic heterocycles. The van der Waals surface area contributed by atoms with E-state index in [0.29, 0.717) is 6.42 Å². The molecule has 0 unspecified atom stereocenters. The summed E-state index contributed by atoms with van der Waals surface area (Å²) >= 11 is 0.